The summed E-state index contributed by atoms with van der Waals surface area (Å²) in [5.41, 5.74) is 1.26. The topological polar surface area (TPSA) is 93.5 Å². The molecule has 8 nitrogen and oxygen atoms in total. The van der Waals surface area contributed by atoms with Crippen LogP contribution in [-0.2, 0) is 11.3 Å². The smallest absolute Gasteiger partial charge is 0.274 e. The van der Waals surface area contributed by atoms with Gasteiger partial charge in [-0.1, -0.05) is 30.3 Å². The molecule has 0 saturated heterocycles. The first kappa shape index (κ1) is 20.8. The third kappa shape index (κ3) is 5.32. The van der Waals surface area contributed by atoms with E-state index >= 15 is 0 Å². The molecule has 2 amide bonds. The fourth-order valence-corrected chi connectivity index (χ4v) is 2.79. The van der Waals surface area contributed by atoms with Crippen molar-refractivity contribution in [1.82, 2.24) is 14.7 Å². The van der Waals surface area contributed by atoms with Crippen LogP contribution in [0, 0.1) is 0 Å². The predicted octanol–water partition coefficient (Wildman–Crippen LogP) is 2.01. The van der Waals surface area contributed by atoms with Crippen LogP contribution in [0.2, 0.25) is 0 Å². The summed E-state index contributed by atoms with van der Waals surface area (Å²) in [5, 5.41) is 6.89. The van der Waals surface area contributed by atoms with Gasteiger partial charge in [0.2, 0.25) is 5.91 Å². The van der Waals surface area contributed by atoms with Gasteiger partial charge < -0.3 is 15.0 Å². The van der Waals surface area contributed by atoms with Crippen LogP contribution in [0.4, 0.5) is 5.69 Å². The van der Waals surface area contributed by atoms with Gasteiger partial charge in [0.15, 0.2) is 0 Å². The number of anilines is 1. The van der Waals surface area contributed by atoms with E-state index in [4.69, 9.17) is 4.74 Å². The molecule has 0 fully saturated rings. The maximum atomic E-state index is 12.7. The molecule has 154 valence electrons. The highest BCUT2D eigenvalue weighted by molar-refractivity contribution is 5.98. The summed E-state index contributed by atoms with van der Waals surface area (Å²) in [6.45, 7) is 0.0901. The largest absolute Gasteiger partial charge is 0.497 e. The highest BCUT2D eigenvalue weighted by Gasteiger charge is 2.17. The molecular formula is C22H22N4O4. The van der Waals surface area contributed by atoms with Gasteiger partial charge in [0, 0.05) is 18.8 Å². The molecule has 0 aliphatic heterocycles. The van der Waals surface area contributed by atoms with Crippen molar-refractivity contribution in [2.75, 3.05) is 26.0 Å². The van der Waals surface area contributed by atoms with E-state index in [0.717, 1.165) is 5.56 Å². The van der Waals surface area contributed by atoms with Gasteiger partial charge in [0.25, 0.3) is 11.5 Å². The lowest BCUT2D eigenvalue weighted by molar-refractivity contribution is -0.116. The van der Waals surface area contributed by atoms with Crippen LogP contribution in [-0.4, -0.2) is 47.2 Å². The average molecular weight is 406 g/mol. The van der Waals surface area contributed by atoms with Crippen molar-refractivity contribution >= 4 is 17.5 Å². The van der Waals surface area contributed by atoms with E-state index in [9.17, 15) is 14.4 Å². The molecule has 0 atom stereocenters. The first-order valence-electron chi connectivity index (χ1n) is 9.28. The molecule has 0 saturated carbocycles. The van der Waals surface area contributed by atoms with Crippen molar-refractivity contribution in [3.8, 4) is 5.75 Å². The lowest BCUT2D eigenvalue weighted by atomic mass is 10.2. The van der Waals surface area contributed by atoms with E-state index in [2.05, 4.69) is 10.4 Å². The molecule has 3 rings (SSSR count). The van der Waals surface area contributed by atoms with Crippen LogP contribution in [0.3, 0.4) is 0 Å². The summed E-state index contributed by atoms with van der Waals surface area (Å²) >= 11 is 0. The third-order valence-corrected chi connectivity index (χ3v) is 4.36. The molecule has 1 N–H and O–H groups in total. The van der Waals surface area contributed by atoms with Gasteiger partial charge in [-0.15, -0.1) is 0 Å². The zero-order chi connectivity index (χ0) is 21.5. The maximum Gasteiger partial charge on any atom is 0.274 e. The number of nitrogens with one attached hydrogen (secondary N) is 1. The SMILES string of the molecule is COc1ccc(NC(=O)CN(C)C(=O)c2ccc(=O)n(Cc3ccccc3)n2)cc1. The van der Waals surface area contributed by atoms with E-state index in [-0.39, 0.29) is 30.2 Å². The van der Waals surface area contributed by atoms with E-state index in [0.29, 0.717) is 11.4 Å². The van der Waals surface area contributed by atoms with Gasteiger partial charge in [0.1, 0.15) is 11.4 Å². The average Bonchev–Trinajstić information content (AvgIpc) is 2.76. The Morgan fingerprint density at radius 1 is 1.03 bits per heavy atom. The Hall–Kier alpha value is -3.94. The van der Waals surface area contributed by atoms with Gasteiger partial charge in [-0.2, -0.15) is 5.10 Å². The normalized spacial score (nSPS) is 10.3. The minimum Gasteiger partial charge on any atom is -0.497 e. The Balaban J connectivity index is 1.65. The van der Waals surface area contributed by atoms with E-state index < -0.39 is 5.91 Å². The summed E-state index contributed by atoms with van der Waals surface area (Å²) in [4.78, 5) is 38.3. The second-order valence-electron chi connectivity index (χ2n) is 6.64. The quantitative estimate of drug-likeness (QED) is 0.648. The zero-order valence-corrected chi connectivity index (χ0v) is 16.7. The molecule has 3 aromatic rings. The lowest BCUT2D eigenvalue weighted by Gasteiger charge is -2.17. The van der Waals surface area contributed by atoms with Gasteiger partial charge in [-0.25, -0.2) is 4.68 Å². The van der Waals surface area contributed by atoms with Crippen molar-refractivity contribution in [3.63, 3.8) is 0 Å². The van der Waals surface area contributed by atoms with Crippen LogP contribution in [0.5, 0.6) is 5.75 Å². The Morgan fingerprint density at radius 3 is 2.40 bits per heavy atom. The van der Waals surface area contributed by atoms with E-state index in [1.807, 2.05) is 30.3 Å². The molecule has 0 radical (unpaired) electrons. The number of nitrogens with zero attached hydrogens (tertiary/aromatic N) is 3. The van der Waals surface area contributed by atoms with Gasteiger partial charge in [0.05, 0.1) is 20.2 Å². The Bertz CT molecular complexity index is 1080. The summed E-state index contributed by atoms with van der Waals surface area (Å²) in [6, 6.07) is 18.9. The molecule has 0 aliphatic rings. The molecule has 0 bridgehead atoms. The van der Waals surface area contributed by atoms with Gasteiger partial charge >= 0.3 is 0 Å². The van der Waals surface area contributed by atoms with Crippen LogP contribution in [0.25, 0.3) is 0 Å². The van der Waals surface area contributed by atoms with Crippen LogP contribution in [0.1, 0.15) is 16.1 Å². The van der Waals surface area contributed by atoms with Crippen LogP contribution in [0.15, 0.2) is 71.5 Å². The number of carbonyl (C=O) groups excluding carboxylic acids is 2. The fourth-order valence-electron chi connectivity index (χ4n) is 2.79. The monoisotopic (exact) mass is 406 g/mol. The summed E-state index contributed by atoms with van der Waals surface area (Å²) in [5.74, 6) is -0.132. The number of methoxy groups -OCH3 is 1. The molecule has 2 aromatic carbocycles. The van der Waals surface area contributed by atoms with Gasteiger partial charge in [-0.3, -0.25) is 14.4 Å². The molecule has 0 aliphatic carbocycles. The number of likely N-dealkylation sites (N-methyl/N-ethyl adjacent to an activating group) is 1. The molecule has 0 spiro atoms. The molecule has 1 heterocycles. The number of carbonyl (C=O) groups is 2. The number of rotatable bonds is 7. The number of benzene rings is 2. The second kappa shape index (κ2) is 9.51. The zero-order valence-electron chi connectivity index (χ0n) is 16.7. The van der Waals surface area contributed by atoms with Crippen molar-refractivity contribution in [2.45, 2.75) is 6.54 Å². The minimum atomic E-state index is -0.457. The number of amides is 2. The van der Waals surface area contributed by atoms with E-state index in [1.54, 1.807) is 31.4 Å². The Labute approximate surface area is 173 Å². The maximum absolute atomic E-state index is 12.7. The molecule has 0 unspecified atom stereocenters. The first-order chi connectivity index (χ1) is 14.5. The lowest BCUT2D eigenvalue weighted by Crippen LogP contribution is -2.36. The third-order valence-electron chi connectivity index (χ3n) is 4.36. The summed E-state index contributed by atoms with van der Waals surface area (Å²) in [6.07, 6.45) is 0. The number of hydrogen-bond acceptors (Lipinski definition) is 5. The fraction of sp³-hybridized carbons (Fsp3) is 0.182. The van der Waals surface area contributed by atoms with Crippen molar-refractivity contribution < 1.29 is 14.3 Å². The van der Waals surface area contributed by atoms with Gasteiger partial charge in [-0.05, 0) is 35.9 Å². The standard InChI is InChI=1S/C22H22N4O4/c1-25(15-20(27)23-17-8-10-18(30-2)11-9-17)22(29)19-12-13-21(28)26(24-19)14-16-6-4-3-5-7-16/h3-13H,14-15H2,1-2H3,(H,23,27). The molecule has 8 heteroatoms. The highest BCUT2D eigenvalue weighted by atomic mass is 16.5. The first-order valence-corrected chi connectivity index (χ1v) is 9.28. The van der Waals surface area contributed by atoms with Crippen molar-refractivity contribution in [2.24, 2.45) is 0 Å². The molecule has 1 aromatic heterocycles. The minimum absolute atomic E-state index is 0.0882. The molecule has 30 heavy (non-hydrogen) atoms. The number of ether oxygens (including phenoxy) is 1. The summed E-state index contributed by atoms with van der Waals surface area (Å²) in [7, 11) is 3.06. The van der Waals surface area contributed by atoms with Crippen molar-refractivity contribution in [3.05, 3.63) is 88.3 Å². The van der Waals surface area contributed by atoms with E-state index in [1.165, 1.54) is 28.8 Å². The Morgan fingerprint density at radius 2 is 1.73 bits per heavy atom. The molecular weight excluding hydrogens is 384 g/mol. The predicted molar refractivity (Wildman–Crippen MR) is 113 cm³/mol. The van der Waals surface area contributed by atoms with Crippen LogP contribution < -0.4 is 15.6 Å². The highest BCUT2D eigenvalue weighted by Crippen LogP contribution is 2.15. The second-order valence-corrected chi connectivity index (χ2v) is 6.64. The van der Waals surface area contributed by atoms with Crippen molar-refractivity contribution in [1.29, 1.82) is 0 Å². The number of aromatic nitrogens is 2. The summed E-state index contributed by atoms with van der Waals surface area (Å²) < 4.78 is 6.31. The van der Waals surface area contributed by atoms with Crippen LogP contribution >= 0.6 is 0 Å². The number of hydrogen-bond donors (Lipinski definition) is 1. The Kier molecular flexibility index (Phi) is 6.59.